The van der Waals surface area contributed by atoms with Crippen LogP contribution in [0.4, 0.5) is 0 Å². The maximum atomic E-state index is 5.22. The van der Waals surface area contributed by atoms with E-state index in [1.807, 2.05) is 0 Å². The van der Waals surface area contributed by atoms with Crippen LogP contribution in [0.2, 0.25) is 0 Å². The normalized spacial score (nSPS) is 10.4. The van der Waals surface area contributed by atoms with Crippen LogP contribution >= 0.6 is 0 Å². The summed E-state index contributed by atoms with van der Waals surface area (Å²) in [6.07, 6.45) is 24.5. The number of hydrogen-bond donors (Lipinski definition) is 0. The summed E-state index contributed by atoms with van der Waals surface area (Å²) in [6.45, 7) is 2.28. The van der Waals surface area contributed by atoms with E-state index in [0.717, 1.165) is 6.42 Å². The van der Waals surface area contributed by atoms with Crippen molar-refractivity contribution in [1.82, 2.24) is 0 Å². The van der Waals surface area contributed by atoms with Gasteiger partial charge < -0.3 is 0 Å². The second kappa shape index (κ2) is 15.6. The van der Waals surface area contributed by atoms with Gasteiger partial charge in [-0.25, -0.2) is 0 Å². The quantitative estimate of drug-likeness (QED) is 0.268. The smallest absolute Gasteiger partial charge is 0.00860 e. The molecule has 0 spiro atoms. The number of unbranched alkanes of at least 4 members (excludes halogenated alkanes) is 13. The molecule has 0 fully saturated rings. The molecular weight excluding hydrogens is 204 g/mol. The molecule has 0 N–H and O–H groups in total. The molecule has 0 aromatic rings. The molecule has 0 nitrogen and oxygen atoms in total. The summed E-state index contributed by atoms with van der Waals surface area (Å²) >= 11 is 0. The van der Waals surface area contributed by atoms with E-state index >= 15 is 0 Å². The molecule has 0 bridgehead atoms. The Morgan fingerprint density at radius 3 is 1.29 bits per heavy atom. The third-order valence-electron chi connectivity index (χ3n) is 3.42. The van der Waals surface area contributed by atoms with Crippen LogP contribution in [0.3, 0.4) is 0 Å². The lowest BCUT2D eigenvalue weighted by atomic mass is 10.0. The summed E-state index contributed by atoms with van der Waals surface area (Å²) in [5.41, 5.74) is 0. The zero-order chi connectivity index (χ0) is 12.6. The molecule has 0 heteroatoms. The molecule has 17 heavy (non-hydrogen) atoms. The average Bonchev–Trinajstić information content (AvgIpc) is 2.35. The highest BCUT2D eigenvalue weighted by atomic mass is 14.0. The first-order valence-electron chi connectivity index (χ1n) is 7.85. The minimum absolute atomic E-state index is 0.970. The molecule has 0 saturated carbocycles. The molecule has 100 valence electrons. The van der Waals surface area contributed by atoms with E-state index in [1.165, 1.54) is 83.5 Å². The molecule has 0 atom stereocenters. The fourth-order valence-electron chi connectivity index (χ4n) is 2.24. The van der Waals surface area contributed by atoms with E-state index < -0.39 is 0 Å². The first-order valence-corrected chi connectivity index (χ1v) is 7.85. The third-order valence-corrected chi connectivity index (χ3v) is 3.42. The predicted molar refractivity (Wildman–Crippen MR) is 79.1 cm³/mol. The molecule has 0 aliphatic carbocycles. The topological polar surface area (TPSA) is 0 Å². The molecule has 0 aromatic heterocycles. The van der Waals surface area contributed by atoms with Gasteiger partial charge in [0.15, 0.2) is 0 Å². The van der Waals surface area contributed by atoms with Crippen molar-refractivity contribution in [3.63, 3.8) is 0 Å². The molecule has 0 amide bonds. The molecule has 0 heterocycles. The Morgan fingerprint density at radius 1 is 0.588 bits per heavy atom. The van der Waals surface area contributed by atoms with Gasteiger partial charge in [-0.3, -0.25) is 0 Å². The predicted octanol–water partition coefficient (Wildman–Crippen LogP) is 6.10. The van der Waals surface area contributed by atoms with E-state index in [-0.39, 0.29) is 0 Å². The van der Waals surface area contributed by atoms with Crippen molar-refractivity contribution in [3.05, 3.63) is 0 Å². The lowest BCUT2D eigenvalue weighted by Gasteiger charge is -2.02. The van der Waals surface area contributed by atoms with Gasteiger partial charge in [-0.2, -0.15) is 0 Å². The van der Waals surface area contributed by atoms with Crippen LogP contribution in [-0.4, -0.2) is 0 Å². The molecular formula is C17H32. The van der Waals surface area contributed by atoms with E-state index in [0.29, 0.717) is 0 Å². The van der Waals surface area contributed by atoms with Gasteiger partial charge in [0.05, 0.1) is 0 Å². The highest BCUT2D eigenvalue weighted by Gasteiger charge is 1.93. The monoisotopic (exact) mass is 236 g/mol. The number of terminal acetylenes is 1. The van der Waals surface area contributed by atoms with Crippen molar-refractivity contribution < 1.29 is 0 Å². The van der Waals surface area contributed by atoms with Gasteiger partial charge in [-0.05, 0) is 6.42 Å². The van der Waals surface area contributed by atoms with Crippen LogP contribution in [0.5, 0.6) is 0 Å². The molecule has 0 aliphatic rings. The minimum atomic E-state index is 0.970. The third kappa shape index (κ3) is 15.6. The first kappa shape index (κ1) is 16.6. The number of rotatable bonds is 13. The van der Waals surface area contributed by atoms with Crippen molar-refractivity contribution in [3.8, 4) is 12.3 Å². The first-order chi connectivity index (χ1) is 8.41. The summed E-state index contributed by atoms with van der Waals surface area (Å²) in [5.74, 6) is 2.71. The molecule has 0 saturated heterocycles. The molecule has 0 radical (unpaired) electrons. The second-order valence-electron chi connectivity index (χ2n) is 5.20. The Balaban J connectivity index is 2.87. The Morgan fingerprint density at radius 2 is 0.941 bits per heavy atom. The summed E-state index contributed by atoms with van der Waals surface area (Å²) in [7, 11) is 0. The fraction of sp³-hybridized carbons (Fsp3) is 0.882. The molecule has 0 aromatic carbocycles. The van der Waals surface area contributed by atoms with Gasteiger partial charge in [-0.1, -0.05) is 84.0 Å². The van der Waals surface area contributed by atoms with Gasteiger partial charge in [0.25, 0.3) is 0 Å². The second-order valence-corrected chi connectivity index (χ2v) is 5.20. The summed E-state index contributed by atoms with van der Waals surface area (Å²) in [6, 6.07) is 0. The molecule has 0 aliphatic heterocycles. The van der Waals surface area contributed by atoms with E-state index in [2.05, 4.69) is 12.8 Å². The van der Waals surface area contributed by atoms with Gasteiger partial charge >= 0.3 is 0 Å². The van der Waals surface area contributed by atoms with Crippen LogP contribution in [-0.2, 0) is 0 Å². The Bertz CT molecular complexity index is 163. The van der Waals surface area contributed by atoms with Crippen molar-refractivity contribution in [1.29, 1.82) is 0 Å². The van der Waals surface area contributed by atoms with Gasteiger partial charge in [0.1, 0.15) is 0 Å². The standard InChI is InChI=1S/C17H32/c1-3-5-7-9-11-13-15-17-16-14-12-10-8-6-4-2/h1H,4-17H2,2H3. The average molecular weight is 236 g/mol. The zero-order valence-electron chi connectivity index (χ0n) is 12.0. The van der Waals surface area contributed by atoms with Crippen LogP contribution in [0, 0.1) is 12.3 Å². The van der Waals surface area contributed by atoms with Gasteiger partial charge in [0, 0.05) is 6.42 Å². The summed E-state index contributed by atoms with van der Waals surface area (Å²) < 4.78 is 0. The Kier molecular flexibility index (Phi) is 15.2. The van der Waals surface area contributed by atoms with Crippen LogP contribution in [0.1, 0.15) is 96.8 Å². The van der Waals surface area contributed by atoms with Crippen molar-refractivity contribution >= 4 is 0 Å². The van der Waals surface area contributed by atoms with Crippen LogP contribution in [0.15, 0.2) is 0 Å². The fourth-order valence-corrected chi connectivity index (χ4v) is 2.24. The lowest BCUT2D eigenvalue weighted by molar-refractivity contribution is 0.540. The molecule has 0 unspecified atom stereocenters. The van der Waals surface area contributed by atoms with Crippen LogP contribution < -0.4 is 0 Å². The summed E-state index contributed by atoms with van der Waals surface area (Å²) in [4.78, 5) is 0. The van der Waals surface area contributed by atoms with E-state index in [1.54, 1.807) is 0 Å². The SMILES string of the molecule is C#CCCCCCCCCCCCCCCC. The minimum Gasteiger partial charge on any atom is -0.120 e. The van der Waals surface area contributed by atoms with Crippen molar-refractivity contribution in [2.75, 3.05) is 0 Å². The Hall–Kier alpha value is -0.440. The summed E-state index contributed by atoms with van der Waals surface area (Å²) in [5, 5.41) is 0. The van der Waals surface area contributed by atoms with Crippen LogP contribution in [0.25, 0.3) is 0 Å². The van der Waals surface area contributed by atoms with Crippen molar-refractivity contribution in [2.45, 2.75) is 96.8 Å². The highest BCUT2D eigenvalue weighted by Crippen LogP contribution is 2.12. The van der Waals surface area contributed by atoms with Gasteiger partial charge in [0.2, 0.25) is 0 Å². The maximum Gasteiger partial charge on any atom is 0.00860 e. The number of hydrogen-bond acceptors (Lipinski definition) is 0. The maximum absolute atomic E-state index is 5.22. The lowest BCUT2D eigenvalue weighted by Crippen LogP contribution is -1.82. The zero-order valence-corrected chi connectivity index (χ0v) is 12.0. The highest BCUT2D eigenvalue weighted by molar-refractivity contribution is 4.82. The molecule has 0 rings (SSSR count). The van der Waals surface area contributed by atoms with E-state index in [4.69, 9.17) is 6.42 Å². The largest absolute Gasteiger partial charge is 0.120 e. The Labute approximate surface area is 110 Å². The van der Waals surface area contributed by atoms with Crippen molar-refractivity contribution in [2.24, 2.45) is 0 Å². The van der Waals surface area contributed by atoms with E-state index in [9.17, 15) is 0 Å². The van der Waals surface area contributed by atoms with Gasteiger partial charge in [-0.15, -0.1) is 12.3 Å².